The summed E-state index contributed by atoms with van der Waals surface area (Å²) in [5.74, 6) is 0.428. The molecule has 2 aliphatic heterocycles. The zero-order valence-electron chi connectivity index (χ0n) is 13.8. The first kappa shape index (κ1) is 16.0. The quantitative estimate of drug-likeness (QED) is 0.856. The van der Waals surface area contributed by atoms with Crippen LogP contribution in [0.5, 0.6) is 0 Å². The molecule has 3 heterocycles. The lowest BCUT2D eigenvalue weighted by Crippen LogP contribution is -2.37. The summed E-state index contributed by atoms with van der Waals surface area (Å²) in [7, 11) is 0. The van der Waals surface area contributed by atoms with Gasteiger partial charge in [0.15, 0.2) is 0 Å². The van der Waals surface area contributed by atoms with Crippen LogP contribution in [-0.2, 0) is 16.0 Å². The number of aromatic nitrogens is 1. The first-order chi connectivity index (χ1) is 11.1. The second-order valence-electron chi connectivity index (χ2n) is 6.65. The van der Waals surface area contributed by atoms with E-state index >= 15 is 0 Å². The number of nitrogens with zero attached hydrogens (tertiary/aromatic N) is 3. The van der Waals surface area contributed by atoms with Crippen LogP contribution in [-0.4, -0.2) is 52.8 Å². The van der Waals surface area contributed by atoms with Gasteiger partial charge in [0, 0.05) is 38.1 Å². The van der Waals surface area contributed by atoms with Crippen molar-refractivity contribution in [3.63, 3.8) is 0 Å². The normalized spacial score (nSPS) is 25.0. The van der Waals surface area contributed by atoms with E-state index in [9.17, 15) is 9.59 Å². The third-order valence-corrected chi connectivity index (χ3v) is 5.34. The lowest BCUT2D eigenvalue weighted by atomic mass is 9.79. The van der Waals surface area contributed by atoms with E-state index in [4.69, 9.17) is 0 Å². The van der Waals surface area contributed by atoms with E-state index in [0.717, 1.165) is 51.0 Å². The molecule has 2 fully saturated rings. The van der Waals surface area contributed by atoms with Gasteiger partial charge >= 0.3 is 0 Å². The molecule has 2 amide bonds. The number of carbonyl (C=O) groups excluding carboxylic acids is 2. The Labute approximate surface area is 137 Å². The minimum absolute atomic E-state index is 0.124. The molecular weight excluding hydrogens is 290 g/mol. The van der Waals surface area contributed by atoms with Crippen LogP contribution >= 0.6 is 0 Å². The largest absolute Gasteiger partial charge is 0.342 e. The zero-order chi connectivity index (χ0) is 16.3. The Morgan fingerprint density at radius 3 is 2.74 bits per heavy atom. The highest BCUT2D eigenvalue weighted by molar-refractivity contribution is 5.85. The summed E-state index contributed by atoms with van der Waals surface area (Å²) in [6, 6.07) is 5.65. The fraction of sp³-hybridized carbons (Fsp3) is 0.611. The second kappa shape index (κ2) is 6.69. The van der Waals surface area contributed by atoms with Crippen molar-refractivity contribution in [3.8, 4) is 0 Å². The van der Waals surface area contributed by atoms with E-state index in [0.29, 0.717) is 18.9 Å². The second-order valence-corrected chi connectivity index (χ2v) is 6.65. The van der Waals surface area contributed by atoms with Gasteiger partial charge in [-0.2, -0.15) is 0 Å². The summed E-state index contributed by atoms with van der Waals surface area (Å²) >= 11 is 0. The molecule has 1 spiro atoms. The summed E-state index contributed by atoms with van der Waals surface area (Å²) < 4.78 is 0. The highest BCUT2D eigenvalue weighted by Crippen LogP contribution is 2.41. The van der Waals surface area contributed by atoms with Crippen LogP contribution in [0.4, 0.5) is 0 Å². The zero-order valence-corrected chi connectivity index (χ0v) is 13.8. The fourth-order valence-corrected chi connectivity index (χ4v) is 3.87. The van der Waals surface area contributed by atoms with Crippen molar-refractivity contribution in [1.29, 1.82) is 0 Å². The first-order valence-corrected chi connectivity index (χ1v) is 8.62. The van der Waals surface area contributed by atoms with E-state index in [-0.39, 0.29) is 11.3 Å². The van der Waals surface area contributed by atoms with Crippen molar-refractivity contribution in [2.75, 3.05) is 26.2 Å². The van der Waals surface area contributed by atoms with Crippen LogP contribution < -0.4 is 0 Å². The van der Waals surface area contributed by atoms with Gasteiger partial charge < -0.3 is 9.80 Å². The van der Waals surface area contributed by atoms with Gasteiger partial charge in [-0.05, 0) is 44.7 Å². The maximum atomic E-state index is 12.6. The minimum atomic E-state index is -0.212. The molecule has 23 heavy (non-hydrogen) atoms. The molecule has 0 N–H and O–H groups in total. The van der Waals surface area contributed by atoms with Gasteiger partial charge in [0.25, 0.3) is 0 Å². The lowest BCUT2D eigenvalue weighted by molar-refractivity contribution is -0.137. The molecule has 0 saturated carbocycles. The van der Waals surface area contributed by atoms with Gasteiger partial charge in [-0.15, -0.1) is 0 Å². The van der Waals surface area contributed by atoms with Crippen LogP contribution in [0.2, 0.25) is 0 Å². The average molecular weight is 315 g/mol. The highest BCUT2D eigenvalue weighted by Gasteiger charge is 2.46. The molecule has 5 heteroatoms. The van der Waals surface area contributed by atoms with E-state index in [1.165, 1.54) is 0 Å². The summed E-state index contributed by atoms with van der Waals surface area (Å²) in [6.45, 7) is 5.15. The molecule has 0 aliphatic carbocycles. The van der Waals surface area contributed by atoms with Crippen molar-refractivity contribution in [2.45, 2.75) is 39.0 Å². The fourth-order valence-electron chi connectivity index (χ4n) is 3.87. The molecule has 3 rings (SSSR count). The van der Waals surface area contributed by atoms with Crippen molar-refractivity contribution in [1.82, 2.24) is 14.8 Å². The number of pyridine rings is 1. The standard InChI is InChI=1S/C18H25N3O2/c1-2-20-12-8-18(17(20)23)7-5-11-21(13-9-18)16(22)14-15-6-3-4-10-19-15/h3-4,6,10H,2,5,7-9,11-14H2,1H3. The van der Waals surface area contributed by atoms with Crippen LogP contribution in [0.1, 0.15) is 38.3 Å². The third kappa shape index (κ3) is 3.23. The van der Waals surface area contributed by atoms with Crippen molar-refractivity contribution in [3.05, 3.63) is 30.1 Å². The molecule has 1 aromatic rings. The third-order valence-electron chi connectivity index (χ3n) is 5.34. The van der Waals surface area contributed by atoms with Gasteiger partial charge in [-0.3, -0.25) is 14.6 Å². The molecule has 1 atom stereocenters. The van der Waals surface area contributed by atoms with Crippen LogP contribution in [0.3, 0.4) is 0 Å². The summed E-state index contributed by atoms with van der Waals surface area (Å²) in [4.78, 5) is 33.3. The Morgan fingerprint density at radius 2 is 2.04 bits per heavy atom. The van der Waals surface area contributed by atoms with E-state index in [1.807, 2.05) is 34.9 Å². The molecule has 5 nitrogen and oxygen atoms in total. The topological polar surface area (TPSA) is 53.5 Å². The smallest absolute Gasteiger partial charge is 0.228 e. The number of rotatable bonds is 3. The predicted molar refractivity (Wildman–Crippen MR) is 87.7 cm³/mol. The Hall–Kier alpha value is -1.91. The lowest BCUT2D eigenvalue weighted by Gasteiger charge is -2.26. The summed E-state index contributed by atoms with van der Waals surface area (Å²) in [5, 5.41) is 0. The van der Waals surface area contributed by atoms with Crippen LogP contribution in [0, 0.1) is 5.41 Å². The van der Waals surface area contributed by atoms with Gasteiger partial charge in [-0.25, -0.2) is 0 Å². The van der Waals surface area contributed by atoms with E-state index < -0.39 is 0 Å². The predicted octanol–water partition coefficient (Wildman–Crippen LogP) is 1.88. The first-order valence-electron chi connectivity index (χ1n) is 8.62. The summed E-state index contributed by atoms with van der Waals surface area (Å²) in [6.07, 6.45) is 5.64. The maximum Gasteiger partial charge on any atom is 0.228 e. The Bertz CT molecular complexity index is 575. The molecule has 0 radical (unpaired) electrons. The average Bonchev–Trinajstić information content (AvgIpc) is 2.74. The molecule has 0 bridgehead atoms. The SMILES string of the molecule is CCN1CCC2(CCCN(C(=O)Cc3ccccn3)CC2)C1=O. The number of carbonyl (C=O) groups is 2. The molecule has 2 aliphatic rings. The molecule has 2 saturated heterocycles. The highest BCUT2D eigenvalue weighted by atomic mass is 16.2. The molecule has 0 aromatic carbocycles. The molecule has 1 unspecified atom stereocenters. The van der Waals surface area contributed by atoms with Gasteiger partial charge in [0.1, 0.15) is 0 Å². The number of hydrogen-bond acceptors (Lipinski definition) is 3. The van der Waals surface area contributed by atoms with E-state index in [2.05, 4.69) is 4.98 Å². The Morgan fingerprint density at radius 1 is 1.22 bits per heavy atom. The van der Waals surface area contributed by atoms with E-state index in [1.54, 1.807) is 6.20 Å². The molecular formula is C18H25N3O2. The molecule has 124 valence electrons. The number of hydrogen-bond donors (Lipinski definition) is 0. The van der Waals surface area contributed by atoms with Gasteiger partial charge in [0.2, 0.25) is 11.8 Å². The Balaban J connectivity index is 1.63. The van der Waals surface area contributed by atoms with Crippen molar-refractivity contribution >= 4 is 11.8 Å². The van der Waals surface area contributed by atoms with Crippen LogP contribution in [0.15, 0.2) is 24.4 Å². The molecule has 1 aromatic heterocycles. The van der Waals surface area contributed by atoms with Gasteiger partial charge in [-0.1, -0.05) is 6.07 Å². The minimum Gasteiger partial charge on any atom is -0.342 e. The number of amides is 2. The maximum absolute atomic E-state index is 12.6. The monoisotopic (exact) mass is 315 g/mol. The van der Waals surface area contributed by atoms with Crippen molar-refractivity contribution < 1.29 is 9.59 Å². The summed E-state index contributed by atoms with van der Waals surface area (Å²) in [5.41, 5.74) is 0.598. The van der Waals surface area contributed by atoms with Crippen LogP contribution in [0.25, 0.3) is 0 Å². The number of likely N-dealkylation sites (tertiary alicyclic amines) is 2. The van der Waals surface area contributed by atoms with Crippen molar-refractivity contribution in [2.24, 2.45) is 5.41 Å². The Kier molecular flexibility index (Phi) is 4.64. The van der Waals surface area contributed by atoms with Gasteiger partial charge in [0.05, 0.1) is 11.8 Å².